The summed E-state index contributed by atoms with van der Waals surface area (Å²) in [4.78, 5) is 4.57. The van der Waals surface area contributed by atoms with Gasteiger partial charge in [-0.2, -0.15) is 0 Å². The van der Waals surface area contributed by atoms with Crippen LogP contribution < -0.4 is 5.32 Å². The van der Waals surface area contributed by atoms with Gasteiger partial charge < -0.3 is 5.32 Å². The van der Waals surface area contributed by atoms with Gasteiger partial charge in [0.1, 0.15) is 0 Å². The van der Waals surface area contributed by atoms with Crippen LogP contribution in [0.4, 0.5) is 0 Å². The van der Waals surface area contributed by atoms with Gasteiger partial charge in [0.05, 0.1) is 10.7 Å². The highest BCUT2D eigenvalue weighted by molar-refractivity contribution is 7.84. The van der Waals surface area contributed by atoms with Crippen molar-refractivity contribution in [1.29, 1.82) is 0 Å². The molecule has 1 aromatic rings. The minimum atomic E-state index is -0.696. The van der Waals surface area contributed by atoms with Gasteiger partial charge in [-0.15, -0.1) is 11.3 Å². The Balaban J connectivity index is 1.71. The molecule has 1 atom stereocenters. The zero-order valence-corrected chi connectivity index (χ0v) is 10.5. The Bertz CT molecular complexity index is 347. The fourth-order valence-corrected chi connectivity index (χ4v) is 2.78. The van der Waals surface area contributed by atoms with Gasteiger partial charge in [0.15, 0.2) is 0 Å². The molecule has 15 heavy (non-hydrogen) atoms. The topological polar surface area (TPSA) is 42.0 Å². The van der Waals surface area contributed by atoms with Crippen molar-refractivity contribution in [2.45, 2.75) is 25.3 Å². The summed E-state index contributed by atoms with van der Waals surface area (Å²) in [7, 11) is -0.696. The number of nitrogens with one attached hydrogen (secondary N) is 1. The SMILES string of the molecule is CS(=O)CCNCc1csc(C2CC2)n1. The van der Waals surface area contributed by atoms with Crippen molar-refractivity contribution in [2.75, 3.05) is 18.6 Å². The molecule has 0 saturated heterocycles. The Kier molecular flexibility index (Phi) is 3.88. The molecule has 5 heteroatoms. The summed E-state index contributed by atoms with van der Waals surface area (Å²) in [6.07, 6.45) is 4.36. The van der Waals surface area contributed by atoms with E-state index in [0.717, 1.165) is 30.5 Å². The first kappa shape index (κ1) is 11.2. The van der Waals surface area contributed by atoms with Crippen molar-refractivity contribution in [3.8, 4) is 0 Å². The van der Waals surface area contributed by atoms with Crippen molar-refractivity contribution < 1.29 is 4.21 Å². The molecule has 1 aromatic heterocycles. The normalized spacial score (nSPS) is 17.9. The molecular weight excluding hydrogens is 228 g/mol. The molecule has 1 aliphatic rings. The number of thiazole rings is 1. The van der Waals surface area contributed by atoms with E-state index >= 15 is 0 Å². The Morgan fingerprint density at radius 1 is 1.67 bits per heavy atom. The Morgan fingerprint density at radius 3 is 3.13 bits per heavy atom. The molecule has 1 N–H and O–H groups in total. The minimum absolute atomic E-state index is 0.696. The van der Waals surface area contributed by atoms with Gasteiger partial charge in [-0.05, 0) is 12.8 Å². The maximum atomic E-state index is 10.8. The van der Waals surface area contributed by atoms with Gasteiger partial charge in [-0.3, -0.25) is 4.21 Å². The number of aromatic nitrogens is 1. The first-order chi connectivity index (χ1) is 7.25. The number of nitrogens with zero attached hydrogens (tertiary/aromatic N) is 1. The van der Waals surface area contributed by atoms with Crippen molar-refractivity contribution in [3.63, 3.8) is 0 Å². The molecule has 0 aliphatic heterocycles. The summed E-state index contributed by atoms with van der Waals surface area (Å²) in [5.74, 6) is 1.48. The zero-order valence-electron chi connectivity index (χ0n) is 8.86. The lowest BCUT2D eigenvalue weighted by molar-refractivity contribution is 0.674. The largest absolute Gasteiger partial charge is 0.310 e. The van der Waals surface area contributed by atoms with Gasteiger partial charge in [0, 0.05) is 47.2 Å². The van der Waals surface area contributed by atoms with Crippen LogP contribution in [0.2, 0.25) is 0 Å². The van der Waals surface area contributed by atoms with Gasteiger partial charge in [0.25, 0.3) is 0 Å². The fraction of sp³-hybridized carbons (Fsp3) is 0.700. The van der Waals surface area contributed by atoms with Crippen molar-refractivity contribution in [1.82, 2.24) is 10.3 Å². The third kappa shape index (κ3) is 3.66. The Hall–Kier alpha value is -0.260. The summed E-state index contributed by atoms with van der Waals surface area (Å²) in [5, 5.41) is 6.68. The lowest BCUT2D eigenvalue weighted by atomic mass is 10.4. The van der Waals surface area contributed by atoms with Crippen LogP contribution in [-0.2, 0) is 17.3 Å². The monoisotopic (exact) mass is 244 g/mol. The van der Waals surface area contributed by atoms with E-state index in [-0.39, 0.29) is 0 Å². The Morgan fingerprint density at radius 2 is 2.47 bits per heavy atom. The third-order valence-corrected chi connectivity index (χ3v) is 4.20. The van der Waals surface area contributed by atoms with Crippen molar-refractivity contribution in [3.05, 3.63) is 16.1 Å². The van der Waals surface area contributed by atoms with Crippen LogP contribution in [0.3, 0.4) is 0 Å². The average Bonchev–Trinajstić information content (AvgIpc) is 2.94. The summed E-state index contributed by atoms with van der Waals surface area (Å²) in [6, 6.07) is 0. The number of hydrogen-bond donors (Lipinski definition) is 1. The maximum Gasteiger partial charge on any atom is 0.0959 e. The van der Waals surface area contributed by atoms with E-state index in [1.54, 1.807) is 17.6 Å². The number of hydrogen-bond acceptors (Lipinski definition) is 4. The number of rotatable bonds is 6. The first-order valence-electron chi connectivity index (χ1n) is 5.21. The molecule has 1 heterocycles. The molecule has 1 aliphatic carbocycles. The summed E-state index contributed by atoms with van der Waals surface area (Å²) in [5.41, 5.74) is 1.13. The highest BCUT2D eigenvalue weighted by Crippen LogP contribution is 2.41. The molecule has 1 saturated carbocycles. The summed E-state index contributed by atoms with van der Waals surface area (Å²) >= 11 is 1.77. The van der Waals surface area contributed by atoms with Gasteiger partial charge >= 0.3 is 0 Å². The lowest BCUT2D eigenvalue weighted by Crippen LogP contribution is -2.19. The van der Waals surface area contributed by atoms with E-state index in [9.17, 15) is 4.21 Å². The standard InChI is InChI=1S/C10H16N2OS2/c1-15(13)5-4-11-6-9-7-14-10(12-9)8-2-3-8/h7-8,11H,2-6H2,1H3. The van der Waals surface area contributed by atoms with Crippen LogP contribution in [-0.4, -0.2) is 27.7 Å². The molecule has 2 rings (SSSR count). The van der Waals surface area contributed by atoms with Crippen LogP contribution in [0.1, 0.15) is 29.5 Å². The fourth-order valence-electron chi connectivity index (χ4n) is 1.35. The van der Waals surface area contributed by atoms with Crippen LogP contribution in [0.25, 0.3) is 0 Å². The minimum Gasteiger partial charge on any atom is -0.310 e. The van der Waals surface area contributed by atoms with E-state index in [2.05, 4.69) is 15.7 Å². The second-order valence-corrected chi connectivity index (χ2v) is 6.35. The molecule has 0 bridgehead atoms. The molecule has 1 unspecified atom stereocenters. The zero-order chi connectivity index (χ0) is 10.7. The van der Waals surface area contributed by atoms with E-state index in [1.807, 2.05) is 0 Å². The molecule has 0 aromatic carbocycles. The molecular formula is C10H16N2OS2. The predicted molar refractivity (Wildman–Crippen MR) is 64.7 cm³/mol. The maximum absolute atomic E-state index is 10.8. The van der Waals surface area contributed by atoms with E-state index in [4.69, 9.17) is 0 Å². The van der Waals surface area contributed by atoms with Gasteiger partial charge in [-0.1, -0.05) is 0 Å². The molecule has 0 radical (unpaired) electrons. The van der Waals surface area contributed by atoms with Gasteiger partial charge in [0.2, 0.25) is 0 Å². The lowest BCUT2D eigenvalue weighted by Gasteiger charge is -1.99. The molecule has 0 spiro atoms. The predicted octanol–water partition coefficient (Wildman–Crippen LogP) is 1.49. The Labute approximate surface area is 96.8 Å². The second kappa shape index (κ2) is 5.18. The van der Waals surface area contributed by atoms with Crippen LogP contribution >= 0.6 is 11.3 Å². The third-order valence-electron chi connectivity index (χ3n) is 2.37. The molecule has 1 fully saturated rings. The smallest absolute Gasteiger partial charge is 0.0959 e. The highest BCUT2D eigenvalue weighted by atomic mass is 32.2. The molecule has 0 amide bonds. The first-order valence-corrected chi connectivity index (χ1v) is 7.81. The highest BCUT2D eigenvalue weighted by Gasteiger charge is 2.26. The summed E-state index contributed by atoms with van der Waals surface area (Å²) in [6.45, 7) is 1.61. The van der Waals surface area contributed by atoms with Crippen molar-refractivity contribution in [2.24, 2.45) is 0 Å². The van der Waals surface area contributed by atoms with Crippen LogP contribution in [0.15, 0.2) is 5.38 Å². The van der Waals surface area contributed by atoms with Crippen LogP contribution in [0.5, 0.6) is 0 Å². The average molecular weight is 244 g/mol. The van der Waals surface area contributed by atoms with E-state index in [0.29, 0.717) is 0 Å². The van der Waals surface area contributed by atoms with Gasteiger partial charge in [-0.25, -0.2) is 4.98 Å². The van der Waals surface area contributed by atoms with E-state index in [1.165, 1.54) is 17.8 Å². The molecule has 84 valence electrons. The quantitative estimate of drug-likeness (QED) is 0.771. The van der Waals surface area contributed by atoms with Crippen LogP contribution in [0, 0.1) is 0 Å². The van der Waals surface area contributed by atoms with E-state index < -0.39 is 10.8 Å². The molecule has 3 nitrogen and oxygen atoms in total. The van der Waals surface area contributed by atoms with Crippen molar-refractivity contribution >= 4 is 22.1 Å². The summed E-state index contributed by atoms with van der Waals surface area (Å²) < 4.78 is 10.8. The second-order valence-electron chi connectivity index (χ2n) is 3.91.